The van der Waals surface area contributed by atoms with Crippen molar-refractivity contribution in [2.45, 2.75) is 18.9 Å². The van der Waals surface area contributed by atoms with Crippen molar-refractivity contribution in [1.82, 2.24) is 9.97 Å². The summed E-state index contributed by atoms with van der Waals surface area (Å²) in [5, 5.41) is 7.12. The minimum absolute atomic E-state index is 0.205. The Morgan fingerprint density at radius 1 is 1.53 bits per heavy atom. The molecule has 1 atom stereocenters. The zero-order chi connectivity index (χ0) is 11.7. The Morgan fingerprint density at radius 3 is 3.18 bits per heavy atom. The molecule has 0 amide bonds. The Morgan fingerprint density at radius 2 is 2.47 bits per heavy atom. The van der Waals surface area contributed by atoms with Crippen LogP contribution in [0.5, 0.6) is 0 Å². The number of nitrogens with zero attached hydrogens (tertiary/aromatic N) is 2. The topological polar surface area (TPSA) is 47.0 Å². The van der Waals surface area contributed by atoms with Gasteiger partial charge in [-0.25, -0.2) is 9.97 Å². The van der Waals surface area contributed by atoms with Crippen molar-refractivity contribution in [1.29, 1.82) is 0 Å². The molecular formula is C11H13N3OS2. The first-order chi connectivity index (χ1) is 8.36. The van der Waals surface area contributed by atoms with Gasteiger partial charge in [-0.15, -0.1) is 22.7 Å². The fourth-order valence-corrected chi connectivity index (χ4v) is 3.54. The van der Waals surface area contributed by atoms with Crippen molar-refractivity contribution in [2.75, 3.05) is 19.0 Å². The second-order valence-corrected chi connectivity index (χ2v) is 5.77. The van der Waals surface area contributed by atoms with E-state index < -0.39 is 0 Å². The minimum atomic E-state index is 0.205. The summed E-state index contributed by atoms with van der Waals surface area (Å²) < 4.78 is 5.63. The zero-order valence-electron chi connectivity index (χ0n) is 9.47. The predicted molar refractivity (Wildman–Crippen MR) is 70.7 cm³/mol. The number of anilines is 1. The lowest BCUT2D eigenvalue weighted by Gasteiger charge is -2.02. The summed E-state index contributed by atoms with van der Waals surface area (Å²) in [5.41, 5.74) is 1.00. The van der Waals surface area contributed by atoms with E-state index in [-0.39, 0.29) is 6.10 Å². The fourth-order valence-electron chi connectivity index (χ4n) is 1.83. The van der Waals surface area contributed by atoms with Crippen molar-refractivity contribution in [3.8, 4) is 10.6 Å². The van der Waals surface area contributed by atoms with Crippen LogP contribution >= 0.6 is 22.7 Å². The Kier molecular flexibility index (Phi) is 3.09. The summed E-state index contributed by atoms with van der Waals surface area (Å²) >= 11 is 3.30. The lowest BCUT2D eigenvalue weighted by molar-refractivity contribution is 0.111. The Hall–Kier alpha value is -0.980. The maximum absolute atomic E-state index is 5.63. The smallest absolute Gasteiger partial charge is 0.182 e. The molecule has 1 saturated heterocycles. The van der Waals surface area contributed by atoms with Crippen molar-refractivity contribution in [3.63, 3.8) is 0 Å². The van der Waals surface area contributed by atoms with Crippen molar-refractivity contribution in [2.24, 2.45) is 0 Å². The number of aromatic nitrogens is 2. The van der Waals surface area contributed by atoms with Crippen LogP contribution in [0.2, 0.25) is 0 Å². The van der Waals surface area contributed by atoms with E-state index in [9.17, 15) is 0 Å². The van der Waals surface area contributed by atoms with Crippen LogP contribution in [0, 0.1) is 0 Å². The molecule has 1 unspecified atom stereocenters. The second kappa shape index (κ2) is 4.72. The molecule has 17 heavy (non-hydrogen) atoms. The lowest BCUT2D eigenvalue weighted by atomic mass is 10.2. The number of nitrogens with one attached hydrogen (secondary N) is 1. The number of hydrogen-bond acceptors (Lipinski definition) is 6. The Labute approximate surface area is 108 Å². The van der Waals surface area contributed by atoms with Gasteiger partial charge in [0.05, 0.1) is 10.6 Å². The van der Waals surface area contributed by atoms with Crippen LogP contribution in [0.1, 0.15) is 24.0 Å². The summed E-state index contributed by atoms with van der Waals surface area (Å²) in [7, 11) is 1.88. The van der Waals surface area contributed by atoms with E-state index in [0.29, 0.717) is 0 Å². The van der Waals surface area contributed by atoms with Crippen LogP contribution in [0.15, 0.2) is 11.6 Å². The summed E-state index contributed by atoms with van der Waals surface area (Å²) in [5.74, 6) is 0. The molecule has 1 aliphatic rings. The van der Waals surface area contributed by atoms with E-state index in [0.717, 1.165) is 40.2 Å². The fraction of sp³-hybridized carbons (Fsp3) is 0.455. The molecule has 1 aliphatic heterocycles. The molecule has 0 bridgehead atoms. The van der Waals surface area contributed by atoms with Gasteiger partial charge < -0.3 is 10.1 Å². The standard InChI is InChI=1S/C11H13N3OS2/c1-12-11-14-7(6-16-11)9-5-13-10(17-9)8-3-2-4-15-8/h5-6,8H,2-4H2,1H3,(H,12,14). The van der Waals surface area contributed by atoms with Gasteiger partial charge >= 0.3 is 0 Å². The Balaban J connectivity index is 1.83. The number of thiazole rings is 2. The van der Waals surface area contributed by atoms with Gasteiger partial charge in [-0.1, -0.05) is 0 Å². The summed E-state index contributed by atoms with van der Waals surface area (Å²) in [6.07, 6.45) is 4.33. The molecular weight excluding hydrogens is 254 g/mol. The normalized spacial score (nSPS) is 19.7. The second-order valence-electron chi connectivity index (χ2n) is 3.85. The molecule has 0 saturated carbocycles. The van der Waals surface area contributed by atoms with Gasteiger partial charge in [0.25, 0.3) is 0 Å². The van der Waals surface area contributed by atoms with E-state index in [4.69, 9.17) is 4.74 Å². The molecule has 0 aliphatic carbocycles. The van der Waals surface area contributed by atoms with Crippen LogP contribution in [-0.2, 0) is 4.74 Å². The van der Waals surface area contributed by atoms with Crippen LogP contribution < -0.4 is 5.32 Å². The molecule has 3 heterocycles. The number of rotatable bonds is 3. The quantitative estimate of drug-likeness (QED) is 0.928. The summed E-state index contributed by atoms with van der Waals surface area (Å²) in [4.78, 5) is 10.0. The van der Waals surface area contributed by atoms with E-state index in [1.54, 1.807) is 22.7 Å². The van der Waals surface area contributed by atoms with Gasteiger partial charge in [-0.2, -0.15) is 0 Å². The molecule has 0 radical (unpaired) electrons. The van der Waals surface area contributed by atoms with E-state index in [2.05, 4.69) is 20.7 Å². The van der Waals surface area contributed by atoms with Gasteiger partial charge in [0, 0.05) is 25.2 Å². The predicted octanol–water partition coefficient (Wildman–Crippen LogP) is 3.16. The Bertz CT molecular complexity index is 502. The molecule has 1 fully saturated rings. The van der Waals surface area contributed by atoms with Gasteiger partial charge in [-0.05, 0) is 12.8 Å². The van der Waals surface area contributed by atoms with E-state index >= 15 is 0 Å². The lowest BCUT2D eigenvalue weighted by Crippen LogP contribution is -1.93. The molecule has 2 aromatic rings. The molecule has 1 N–H and O–H groups in total. The highest BCUT2D eigenvalue weighted by molar-refractivity contribution is 7.16. The van der Waals surface area contributed by atoms with Gasteiger partial charge in [0.1, 0.15) is 11.1 Å². The molecule has 2 aromatic heterocycles. The third-order valence-electron chi connectivity index (χ3n) is 2.70. The average molecular weight is 267 g/mol. The highest BCUT2D eigenvalue weighted by Gasteiger charge is 2.21. The molecule has 0 spiro atoms. The van der Waals surface area contributed by atoms with Crippen molar-refractivity contribution < 1.29 is 4.74 Å². The number of hydrogen-bond donors (Lipinski definition) is 1. The maximum Gasteiger partial charge on any atom is 0.182 e. The first-order valence-corrected chi connectivity index (χ1v) is 7.27. The summed E-state index contributed by atoms with van der Waals surface area (Å²) in [6.45, 7) is 0.861. The van der Waals surface area contributed by atoms with Gasteiger partial charge in [0.2, 0.25) is 0 Å². The molecule has 0 aromatic carbocycles. The van der Waals surface area contributed by atoms with Crippen LogP contribution in [-0.4, -0.2) is 23.6 Å². The highest BCUT2D eigenvalue weighted by Crippen LogP contribution is 2.35. The van der Waals surface area contributed by atoms with Gasteiger partial charge in [0.15, 0.2) is 5.13 Å². The van der Waals surface area contributed by atoms with E-state index in [1.165, 1.54) is 0 Å². The zero-order valence-corrected chi connectivity index (χ0v) is 11.1. The monoisotopic (exact) mass is 267 g/mol. The van der Waals surface area contributed by atoms with Crippen molar-refractivity contribution >= 4 is 27.8 Å². The third kappa shape index (κ3) is 2.20. The highest BCUT2D eigenvalue weighted by atomic mass is 32.1. The van der Waals surface area contributed by atoms with Crippen LogP contribution in [0.25, 0.3) is 10.6 Å². The summed E-state index contributed by atoms with van der Waals surface area (Å²) in [6, 6.07) is 0. The minimum Gasteiger partial charge on any atom is -0.371 e. The number of ether oxygens (including phenoxy) is 1. The SMILES string of the molecule is CNc1nc(-c2cnc(C3CCCO3)s2)cs1. The first-order valence-electron chi connectivity index (χ1n) is 5.58. The molecule has 3 rings (SSSR count). The average Bonchev–Trinajstić information content (AvgIpc) is 3.09. The molecule has 6 heteroatoms. The first kappa shape index (κ1) is 11.1. The molecule has 90 valence electrons. The van der Waals surface area contributed by atoms with Gasteiger partial charge in [-0.3, -0.25) is 0 Å². The van der Waals surface area contributed by atoms with Crippen molar-refractivity contribution in [3.05, 3.63) is 16.6 Å². The third-order valence-corrected chi connectivity index (χ3v) is 4.67. The van der Waals surface area contributed by atoms with E-state index in [1.807, 2.05) is 13.2 Å². The maximum atomic E-state index is 5.63. The molecule has 4 nitrogen and oxygen atoms in total. The largest absolute Gasteiger partial charge is 0.371 e. The van der Waals surface area contributed by atoms with Crippen LogP contribution in [0.4, 0.5) is 5.13 Å². The van der Waals surface area contributed by atoms with Crippen LogP contribution in [0.3, 0.4) is 0 Å².